The molecular weight excluding hydrogens is 360 g/mol. The van der Waals surface area contributed by atoms with Crippen LogP contribution in [0.15, 0.2) is 72.8 Å². The molecule has 30 heavy (non-hydrogen) atoms. The van der Waals surface area contributed by atoms with Crippen LogP contribution in [0.5, 0.6) is 0 Å². The highest BCUT2D eigenvalue weighted by atomic mass is 14.3. The molecule has 0 fully saturated rings. The molecule has 0 aliphatic rings. The quantitative estimate of drug-likeness (QED) is 0.251. The van der Waals surface area contributed by atoms with Crippen molar-refractivity contribution in [2.45, 2.75) is 52.4 Å². The Labute approximate surface area is 179 Å². The third-order valence-electron chi connectivity index (χ3n) is 6.47. The normalized spacial score (nSPS) is 13.0. The van der Waals surface area contributed by atoms with Crippen LogP contribution in [-0.4, -0.2) is 0 Å². The van der Waals surface area contributed by atoms with E-state index < -0.39 is 0 Å². The third kappa shape index (κ3) is 2.98. The molecule has 5 aromatic carbocycles. The SMILES string of the molecule is CC(C)(C)c1cc2ccc3cc(C(C)(C)C)cc4c(-c5ccccc5)cc(c1)c2c34. The smallest absolute Gasteiger partial charge is 0.00204 e. The Morgan fingerprint density at radius 3 is 1.63 bits per heavy atom. The lowest BCUT2D eigenvalue weighted by Crippen LogP contribution is -2.12. The highest BCUT2D eigenvalue weighted by Crippen LogP contribution is 2.43. The number of hydrogen-bond acceptors (Lipinski definition) is 0. The van der Waals surface area contributed by atoms with Gasteiger partial charge in [-0.1, -0.05) is 102 Å². The molecule has 0 heteroatoms. The van der Waals surface area contributed by atoms with E-state index in [1.165, 1.54) is 54.6 Å². The van der Waals surface area contributed by atoms with E-state index in [4.69, 9.17) is 0 Å². The topological polar surface area (TPSA) is 0 Å². The maximum atomic E-state index is 2.43. The zero-order valence-electron chi connectivity index (χ0n) is 18.9. The van der Waals surface area contributed by atoms with Crippen LogP contribution in [0.1, 0.15) is 52.7 Å². The van der Waals surface area contributed by atoms with Gasteiger partial charge in [-0.05, 0) is 77.5 Å². The van der Waals surface area contributed by atoms with Gasteiger partial charge in [0.25, 0.3) is 0 Å². The molecule has 0 unspecified atom stereocenters. The maximum absolute atomic E-state index is 2.43. The Morgan fingerprint density at radius 2 is 1.03 bits per heavy atom. The lowest BCUT2D eigenvalue weighted by atomic mass is 9.79. The van der Waals surface area contributed by atoms with Crippen molar-refractivity contribution in [1.29, 1.82) is 0 Å². The molecule has 0 aliphatic heterocycles. The van der Waals surface area contributed by atoms with E-state index in [1.807, 2.05) is 0 Å². The van der Waals surface area contributed by atoms with Crippen molar-refractivity contribution in [3.05, 3.63) is 83.9 Å². The predicted molar refractivity (Wildman–Crippen MR) is 133 cm³/mol. The molecule has 0 heterocycles. The fraction of sp³-hybridized carbons (Fsp3) is 0.267. The average molecular weight is 391 g/mol. The molecule has 0 saturated heterocycles. The second kappa shape index (κ2) is 6.32. The summed E-state index contributed by atoms with van der Waals surface area (Å²) in [4.78, 5) is 0. The predicted octanol–water partition coefficient (Wildman–Crippen LogP) is 8.85. The first-order chi connectivity index (χ1) is 14.1. The molecule has 0 spiro atoms. The van der Waals surface area contributed by atoms with Gasteiger partial charge in [-0.3, -0.25) is 0 Å². The number of hydrogen-bond donors (Lipinski definition) is 0. The van der Waals surface area contributed by atoms with Crippen LogP contribution < -0.4 is 0 Å². The molecule has 0 aromatic heterocycles. The summed E-state index contributed by atoms with van der Waals surface area (Å²) in [6, 6.07) is 27.5. The summed E-state index contributed by atoms with van der Waals surface area (Å²) in [5.41, 5.74) is 5.63. The van der Waals surface area contributed by atoms with Gasteiger partial charge in [0.15, 0.2) is 0 Å². The lowest BCUT2D eigenvalue weighted by molar-refractivity contribution is 0.591. The molecule has 5 aromatic rings. The van der Waals surface area contributed by atoms with Gasteiger partial charge in [-0.25, -0.2) is 0 Å². The monoisotopic (exact) mass is 390 g/mol. The van der Waals surface area contributed by atoms with Crippen LogP contribution in [0, 0.1) is 0 Å². The highest BCUT2D eigenvalue weighted by molar-refractivity contribution is 6.26. The molecule has 0 bridgehead atoms. The van der Waals surface area contributed by atoms with Gasteiger partial charge in [-0.2, -0.15) is 0 Å². The minimum absolute atomic E-state index is 0.109. The summed E-state index contributed by atoms with van der Waals surface area (Å²) in [6.45, 7) is 13.8. The molecule has 0 aliphatic carbocycles. The van der Waals surface area contributed by atoms with Gasteiger partial charge >= 0.3 is 0 Å². The fourth-order valence-electron chi connectivity index (χ4n) is 4.64. The van der Waals surface area contributed by atoms with Crippen LogP contribution in [0.3, 0.4) is 0 Å². The summed E-state index contributed by atoms with van der Waals surface area (Å²) < 4.78 is 0. The summed E-state index contributed by atoms with van der Waals surface area (Å²) in [7, 11) is 0. The zero-order chi connectivity index (χ0) is 21.3. The Balaban J connectivity index is 2.00. The van der Waals surface area contributed by atoms with E-state index in [9.17, 15) is 0 Å². The summed E-state index contributed by atoms with van der Waals surface area (Å²) in [5, 5.41) is 8.20. The van der Waals surface area contributed by atoms with E-state index in [2.05, 4.69) is 114 Å². The Hall–Kier alpha value is -2.86. The van der Waals surface area contributed by atoms with Crippen molar-refractivity contribution in [1.82, 2.24) is 0 Å². The molecular formula is C30H30. The second-order valence-electron chi connectivity index (χ2n) is 10.8. The molecule has 0 nitrogen and oxygen atoms in total. The molecule has 0 N–H and O–H groups in total. The zero-order valence-corrected chi connectivity index (χ0v) is 18.9. The van der Waals surface area contributed by atoms with E-state index in [0.29, 0.717) is 0 Å². The standard InChI is InChI=1S/C30H30/c1-29(2,3)23-14-20-12-13-21-15-24(30(4,5)6)18-26-25(19-10-8-7-9-11-19)17-22(16-23)27(20)28(21)26/h7-18H,1-6H3. The lowest BCUT2D eigenvalue weighted by Gasteiger charge is -2.24. The first-order valence-corrected chi connectivity index (χ1v) is 11.0. The second-order valence-corrected chi connectivity index (χ2v) is 10.8. The van der Waals surface area contributed by atoms with Gasteiger partial charge in [0.2, 0.25) is 0 Å². The molecule has 0 saturated carbocycles. The van der Waals surface area contributed by atoms with Crippen molar-refractivity contribution in [2.24, 2.45) is 0 Å². The first-order valence-electron chi connectivity index (χ1n) is 11.0. The molecule has 0 atom stereocenters. The van der Waals surface area contributed by atoms with Crippen molar-refractivity contribution >= 4 is 32.3 Å². The van der Waals surface area contributed by atoms with Crippen molar-refractivity contribution < 1.29 is 0 Å². The minimum Gasteiger partial charge on any atom is -0.0622 e. The van der Waals surface area contributed by atoms with Gasteiger partial charge in [-0.15, -0.1) is 0 Å². The number of rotatable bonds is 1. The molecule has 150 valence electrons. The highest BCUT2D eigenvalue weighted by Gasteiger charge is 2.21. The molecule has 0 radical (unpaired) electrons. The average Bonchev–Trinajstić information content (AvgIpc) is 2.70. The van der Waals surface area contributed by atoms with Crippen LogP contribution in [0.4, 0.5) is 0 Å². The minimum atomic E-state index is 0.109. The van der Waals surface area contributed by atoms with Crippen LogP contribution in [-0.2, 0) is 10.8 Å². The summed E-state index contributed by atoms with van der Waals surface area (Å²) in [6.07, 6.45) is 0. The maximum Gasteiger partial charge on any atom is -0.00204 e. The van der Waals surface area contributed by atoms with Crippen LogP contribution in [0.2, 0.25) is 0 Å². The van der Waals surface area contributed by atoms with Gasteiger partial charge < -0.3 is 0 Å². The Morgan fingerprint density at radius 1 is 0.500 bits per heavy atom. The molecule has 5 rings (SSSR count). The van der Waals surface area contributed by atoms with Gasteiger partial charge in [0.1, 0.15) is 0 Å². The molecule has 0 amide bonds. The van der Waals surface area contributed by atoms with Gasteiger partial charge in [0.05, 0.1) is 0 Å². The van der Waals surface area contributed by atoms with Crippen LogP contribution in [0.25, 0.3) is 43.4 Å². The largest absolute Gasteiger partial charge is 0.0622 e. The first kappa shape index (κ1) is 19.1. The van der Waals surface area contributed by atoms with Gasteiger partial charge in [0, 0.05) is 0 Å². The third-order valence-corrected chi connectivity index (χ3v) is 6.47. The van der Waals surface area contributed by atoms with E-state index in [-0.39, 0.29) is 10.8 Å². The number of benzene rings is 5. The fourth-order valence-corrected chi connectivity index (χ4v) is 4.64. The summed E-state index contributed by atoms with van der Waals surface area (Å²) in [5.74, 6) is 0. The van der Waals surface area contributed by atoms with Crippen molar-refractivity contribution in [2.75, 3.05) is 0 Å². The van der Waals surface area contributed by atoms with Crippen LogP contribution >= 0.6 is 0 Å². The summed E-state index contributed by atoms with van der Waals surface area (Å²) >= 11 is 0. The van der Waals surface area contributed by atoms with Crippen molar-refractivity contribution in [3.63, 3.8) is 0 Å². The Bertz CT molecular complexity index is 1370. The Kier molecular flexibility index (Phi) is 4.03. The van der Waals surface area contributed by atoms with E-state index in [1.54, 1.807) is 0 Å². The van der Waals surface area contributed by atoms with E-state index in [0.717, 1.165) is 0 Å². The van der Waals surface area contributed by atoms with Crippen molar-refractivity contribution in [3.8, 4) is 11.1 Å². The van der Waals surface area contributed by atoms with E-state index >= 15 is 0 Å².